The number of benzene rings is 2. The zero-order chi connectivity index (χ0) is 49.7. The molecule has 2 aromatic rings. The second-order valence-electron chi connectivity index (χ2n) is 20.3. The fourth-order valence-electron chi connectivity index (χ4n) is 9.57. The quantitative estimate of drug-likeness (QED) is 0.0852. The van der Waals surface area contributed by atoms with E-state index < -0.39 is 41.6 Å². The third-order valence-electron chi connectivity index (χ3n) is 13.9. The van der Waals surface area contributed by atoms with E-state index in [1.54, 1.807) is 19.0 Å². The average molecular weight is 940 g/mol. The predicted octanol–water partition coefficient (Wildman–Crippen LogP) is 9.40. The molecule has 1 unspecified atom stereocenters. The summed E-state index contributed by atoms with van der Waals surface area (Å²) in [6.07, 6.45) is 12.3. The fraction of sp³-hybridized carbons (Fsp3) is 0.556. The van der Waals surface area contributed by atoms with Gasteiger partial charge in [-0.3, -0.25) is 19.3 Å². The molecule has 3 amide bonds. The first-order valence-corrected chi connectivity index (χ1v) is 24.1. The number of phenolic OH excluding ortho intramolecular Hbond substituents is 1. The number of phenols is 1. The summed E-state index contributed by atoms with van der Waals surface area (Å²) in [6.45, 7) is 17.1. The van der Waals surface area contributed by atoms with Crippen LogP contribution in [0.3, 0.4) is 0 Å². The number of nitrogens with zero attached hydrogens (tertiary/aromatic N) is 3. The lowest BCUT2D eigenvalue weighted by Crippen LogP contribution is -2.49. The molecule has 4 aliphatic heterocycles. The Morgan fingerprint density at radius 1 is 0.779 bits per heavy atom. The van der Waals surface area contributed by atoms with Crippen LogP contribution < -0.4 is 14.2 Å². The predicted molar refractivity (Wildman–Crippen MR) is 260 cm³/mol. The number of rotatable bonds is 20. The maximum absolute atomic E-state index is 14.3. The van der Waals surface area contributed by atoms with Gasteiger partial charge in [0.05, 0.1) is 36.4 Å². The highest BCUT2D eigenvalue weighted by molar-refractivity contribution is 6.01. The number of hydrogen-bond acceptors (Lipinski definition) is 11. The van der Waals surface area contributed by atoms with Crippen LogP contribution in [0.15, 0.2) is 58.7 Å². The molecule has 0 radical (unpaired) electrons. The lowest BCUT2D eigenvalue weighted by Gasteiger charge is -2.41. The van der Waals surface area contributed by atoms with Crippen LogP contribution in [0.1, 0.15) is 163 Å². The van der Waals surface area contributed by atoms with Crippen molar-refractivity contribution in [2.45, 2.75) is 175 Å². The molecule has 68 heavy (non-hydrogen) atoms. The van der Waals surface area contributed by atoms with E-state index in [2.05, 4.69) is 65.8 Å². The van der Waals surface area contributed by atoms with Gasteiger partial charge >= 0.3 is 6.09 Å². The van der Waals surface area contributed by atoms with Crippen molar-refractivity contribution in [1.82, 2.24) is 14.7 Å². The summed E-state index contributed by atoms with van der Waals surface area (Å²) in [5.41, 5.74) is 5.79. The zero-order valence-corrected chi connectivity index (χ0v) is 41.8. The van der Waals surface area contributed by atoms with Gasteiger partial charge in [0.1, 0.15) is 34.2 Å². The van der Waals surface area contributed by atoms with E-state index in [9.17, 15) is 34.5 Å². The summed E-state index contributed by atoms with van der Waals surface area (Å²) in [7, 11) is 3.09. The molecule has 0 aliphatic carbocycles. The minimum absolute atomic E-state index is 0.0270. The Kier molecular flexibility index (Phi) is 16.6. The van der Waals surface area contributed by atoms with Crippen molar-refractivity contribution < 1.29 is 53.4 Å². The summed E-state index contributed by atoms with van der Waals surface area (Å²) < 4.78 is 24.7. The number of aromatic hydroxyl groups is 1. The SMILES string of the molecule is CC(C)=CCC/C(C)=C/CC[C@@]1(C)Oc2c(c(O)cc3c2CN(CCCC(OC=O)N2Cc4c(cc(OC(=O)N(C)C)c5c4O[C@](C)(CC/C=C(\C)CCC=C(C)C)[C@@H](O)C5)C2=O)C3=O)C[C@@H]1O. The minimum Gasteiger partial charge on any atom is -0.508 e. The fourth-order valence-corrected chi connectivity index (χ4v) is 9.57. The van der Waals surface area contributed by atoms with Crippen molar-refractivity contribution >= 4 is 24.4 Å². The van der Waals surface area contributed by atoms with E-state index in [4.69, 9.17) is 18.9 Å². The second kappa shape index (κ2) is 21.8. The van der Waals surface area contributed by atoms with E-state index >= 15 is 0 Å². The van der Waals surface area contributed by atoms with Crippen molar-refractivity contribution in [3.63, 3.8) is 0 Å². The molecule has 5 atom stereocenters. The molecule has 4 aliphatic rings. The molecule has 0 saturated heterocycles. The maximum atomic E-state index is 14.3. The largest absolute Gasteiger partial charge is 0.508 e. The van der Waals surface area contributed by atoms with Crippen molar-refractivity contribution in [3.05, 3.63) is 92.1 Å². The molecule has 0 fully saturated rings. The number of amides is 3. The summed E-state index contributed by atoms with van der Waals surface area (Å²) >= 11 is 0. The van der Waals surface area contributed by atoms with Gasteiger partial charge in [0, 0.05) is 62.2 Å². The maximum Gasteiger partial charge on any atom is 0.414 e. The lowest BCUT2D eigenvalue weighted by atomic mass is 9.84. The Morgan fingerprint density at radius 3 is 1.85 bits per heavy atom. The lowest BCUT2D eigenvalue weighted by molar-refractivity contribution is -0.141. The van der Waals surface area contributed by atoms with Crippen LogP contribution >= 0.6 is 0 Å². The molecule has 2 aromatic carbocycles. The van der Waals surface area contributed by atoms with Gasteiger partial charge in [0.2, 0.25) is 0 Å². The normalized spacial score (nSPS) is 22.3. The molecule has 14 heteroatoms. The Labute approximate surface area is 402 Å². The van der Waals surface area contributed by atoms with Gasteiger partial charge in [-0.15, -0.1) is 0 Å². The first kappa shape index (κ1) is 51.8. The molecular formula is C54H73N3O11. The number of carbonyl (C=O) groups is 4. The van der Waals surface area contributed by atoms with Crippen LogP contribution in [0, 0.1) is 0 Å². The van der Waals surface area contributed by atoms with Crippen LogP contribution in [0.25, 0.3) is 0 Å². The van der Waals surface area contributed by atoms with Gasteiger partial charge in [-0.25, -0.2) is 4.79 Å². The summed E-state index contributed by atoms with van der Waals surface area (Å²) in [6, 6.07) is 2.95. The molecule has 0 spiro atoms. The molecule has 6 rings (SSSR count). The Balaban J connectivity index is 1.16. The highest BCUT2D eigenvalue weighted by atomic mass is 16.6. The number of hydrogen-bond donors (Lipinski definition) is 3. The molecule has 370 valence electrons. The number of aliphatic hydroxyl groups excluding tert-OH is 2. The topological polar surface area (TPSA) is 176 Å². The highest BCUT2D eigenvalue weighted by Crippen LogP contribution is 2.49. The van der Waals surface area contributed by atoms with Crippen molar-refractivity contribution in [2.75, 3.05) is 20.6 Å². The number of fused-ring (bicyclic) bond motifs is 6. The molecule has 4 heterocycles. The smallest absolute Gasteiger partial charge is 0.414 e. The third kappa shape index (κ3) is 11.6. The number of allylic oxidation sites excluding steroid dienone is 8. The Bertz CT molecular complexity index is 2370. The summed E-state index contributed by atoms with van der Waals surface area (Å²) in [5.74, 6) is 0.0588. The molecule has 0 saturated carbocycles. The average Bonchev–Trinajstić information content (AvgIpc) is 3.76. The standard InChI is InChI=1S/C54H73N3O11/c1-33(2)16-11-18-35(5)20-13-23-53(7)45(60)28-39-43(59)26-37-41(48(39)67-53)30-56(50(37)62)25-15-22-47(65-32-58)57-31-42-38(51(57)63)27-44(66-52(64)55(9)10)40-29-46(61)54(8,68-49(40)42)24-14-21-36(6)19-12-17-34(3)4/h16-17,20-21,26-27,32,45-47,59-61H,11-15,18-19,22-25,28-31H2,1-10H3/b35-20+,36-21+/t45-,46-,47?,53+,54+/m0/s1. The third-order valence-corrected chi connectivity index (χ3v) is 13.9. The van der Waals surface area contributed by atoms with E-state index in [1.807, 2.05) is 13.8 Å². The van der Waals surface area contributed by atoms with E-state index in [0.717, 1.165) is 25.7 Å². The van der Waals surface area contributed by atoms with Crippen LogP contribution in [0.5, 0.6) is 23.0 Å². The number of carbonyl (C=O) groups excluding carboxylic acids is 4. The number of ether oxygens (including phenoxy) is 4. The highest BCUT2D eigenvalue weighted by Gasteiger charge is 2.47. The van der Waals surface area contributed by atoms with E-state index in [1.165, 1.54) is 44.2 Å². The Morgan fingerprint density at radius 2 is 1.31 bits per heavy atom. The first-order chi connectivity index (χ1) is 32.2. The van der Waals surface area contributed by atoms with Crippen molar-refractivity contribution in [1.29, 1.82) is 0 Å². The zero-order valence-electron chi connectivity index (χ0n) is 41.8. The van der Waals surface area contributed by atoms with Crippen LogP contribution in [-0.4, -0.2) is 105 Å². The first-order valence-electron chi connectivity index (χ1n) is 24.1. The van der Waals surface area contributed by atoms with Crippen LogP contribution in [0.2, 0.25) is 0 Å². The van der Waals surface area contributed by atoms with Crippen molar-refractivity contribution in [3.8, 4) is 23.0 Å². The summed E-state index contributed by atoms with van der Waals surface area (Å²) in [5, 5.41) is 34.0. The molecule has 0 bridgehead atoms. The van der Waals surface area contributed by atoms with E-state index in [-0.39, 0.29) is 61.9 Å². The van der Waals surface area contributed by atoms with E-state index in [0.29, 0.717) is 77.9 Å². The van der Waals surface area contributed by atoms with Gasteiger partial charge in [-0.2, -0.15) is 0 Å². The number of aliphatic hydroxyl groups is 2. The molecule has 0 aromatic heterocycles. The molecular weight excluding hydrogens is 867 g/mol. The van der Waals surface area contributed by atoms with Crippen LogP contribution in [-0.2, 0) is 35.5 Å². The van der Waals surface area contributed by atoms with Gasteiger partial charge in [0.15, 0.2) is 6.23 Å². The minimum atomic E-state index is -1.03. The molecule has 14 nitrogen and oxygen atoms in total. The molecule has 3 N–H and O–H groups in total. The second-order valence-corrected chi connectivity index (χ2v) is 20.3. The van der Waals surface area contributed by atoms with Crippen LogP contribution in [0.4, 0.5) is 4.79 Å². The van der Waals surface area contributed by atoms with Gasteiger partial charge < -0.3 is 44.1 Å². The monoisotopic (exact) mass is 940 g/mol. The summed E-state index contributed by atoms with van der Waals surface area (Å²) in [4.78, 5) is 57.5. The van der Waals surface area contributed by atoms with Crippen molar-refractivity contribution in [2.24, 2.45) is 0 Å². The van der Waals surface area contributed by atoms with Gasteiger partial charge in [-0.1, -0.05) is 46.6 Å². The van der Waals surface area contributed by atoms with Gasteiger partial charge in [-0.05, 0) is 125 Å². The Hall–Kier alpha value is -5.60. The van der Waals surface area contributed by atoms with Gasteiger partial charge in [0.25, 0.3) is 18.3 Å².